The molecule has 92 valence electrons. The number of rotatable bonds is 3. The SMILES string of the molecule is O=C(O)CN1CCCC[C@@H]1c1ccc(F)cc1. The van der Waals surface area contributed by atoms with Crippen molar-refractivity contribution in [3.05, 3.63) is 35.6 Å². The highest BCUT2D eigenvalue weighted by Gasteiger charge is 2.25. The normalized spacial score (nSPS) is 21.4. The Morgan fingerprint density at radius 1 is 1.35 bits per heavy atom. The van der Waals surface area contributed by atoms with Crippen LogP contribution in [0, 0.1) is 5.82 Å². The molecule has 0 aliphatic carbocycles. The number of likely N-dealkylation sites (tertiary alicyclic amines) is 1. The quantitative estimate of drug-likeness (QED) is 0.877. The number of piperidine rings is 1. The van der Waals surface area contributed by atoms with E-state index in [1.54, 1.807) is 12.1 Å². The molecule has 4 heteroatoms. The molecule has 0 aromatic heterocycles. The van der Waals surface area contributed by atoms with Crippen molar-refractivity contribution in [1.82, 2.24) is 4.90 Å². The number of hydrogen-bond acceptors (Lipinski definition) is 2. The molecule has 0 spiro atoms. The van der Waals surface area contributed by atoms with Crippen molar-refractivity contribution in [1.29, 1.82) is 0 Å². The van der Waals surface area contributed by atoms with Gasteiger partial charge in [0.05, 0.1) is 6.54 Å². The number of aliphatic carboxylic acids is 1. The van der Waals surface area contributed by atoms with Crippen molar-refractivity contribution in [2.24, 2.45) is 0 Å². The van der Waals surface area contributed by atoms with Crippen LogP contribution >= 0.6 is 0 Å². The van der Waals surface area contributed by atoms with Gasteiger partial charge in [-0.15, -0.1) is 0 Å². The maximum absolute atomic E-state index is 12.9. The highest BCUT2D eigenvalue weighted by Crippen LogP contribution is 2.30. The molecule has 1 aromatic rings. The van der Waals surface area contributed by atoms with E-state index in [-0.39, 0.29) is 18.4 Å². The molecule has 1 heterocycles. The van der Waals surface area contributed by atoms with E-state index in [0.29, 0.717) is 0 Å². The summed E-state index contributed by atoms with van der Waals surface area (Å²) in [7, 11) is 0. The zero-order chi connectivity index (χ0) is 12.3. The molecule has 3 nitrogen and oxygen atoms in total. The first-order valence-corrected chi connectivity index (χ1v) is 5.88. The number of carboxylic acid groups (broad SMARTS) is 1. The molecule has 1 saturated heterocycles. The zero-order valence-corrected chi connectivity index (χ0v) is 9.60. The topological polar surface area (TPSA) is 40.5 Å². The van der Waals surface area contributed by atoms with Gasteiger partial charge in [-0.05, 0) is 37.1 Å². The van der Waals surface area contributed by atoms with Crippen LogP contribution in [0.4, 0.5) is 4.39 Å². The van der Waals surface area contributed by atoms with Crippen molar-refractivity contribution in [2.75, 3.05) is 13.1 Å². The van der Waals surface area contributed by atoms with Crippen LogP contribution in [-0.2, 0) is 4.79 Å². The van der Waals surface area contributed by atoms with E-state index in [1.165, 1.54) is 12.1 Å². The van der Waals surface area contributed by atoms with E-state index in [1.807, 2.05) is 4.90 Å². The standard InChI is InChI=1S/C13H16FNO2/c14-11-6-4-10(5-7-11)12-3-1-2-8-15(12)9-13(16)17/h4-7,12H,1-3,8-9H2,(H,16,17)/t12-/m1/s1. The van der Waals surface area contributed by atoms with E-state index in [9.17, 15) is 9.18 Å². The lowest BCUT2D eigenvalue weighted by molar-refractivity contribution is -0.139. The van der Waals surface area contributed by atoms with Gasteiger partial charge in [-0.2, -0.15) is 0 Å². The van der Waals surface area contributed by atoms with Crippen LogP contribution in [-0.4, -0.2) is 29.1 Å². The van der Waals surface area contributed by atoms with E-state index < -0.39 is 5.97 Å². The van der Waals surface area contributed by atoms with Crippen LogP contribution in [0.3, 0.4) is 0 Å². The highest BCUT2D eigenvalue weighted by molar-refractivity contribution is 5.69. The first-order chi connectivity index (χ1) is 8.16. The average Bonchev–Trinajstić information content (AvgIpc) is 2.30. The summed E-state index contributed by atoms with van der Waals surface area (Å²) in [4.78, 5) is 12.8. The van der Waals surface area contributed by atoms with Crippen LogP contribution < -0.4 is 0 Å². The lowest BCUT2D eigenvalue weighted by Gasteiger charge is -2.34. The molecular weight excluding hydrogens is 221 g/mol. The molecule has 1 fully saturated rings. The maximum Gasteiger partial charge on any atom is 0.317 e. The summed E-state index contributed by atoms with van der Waals surface area (Å²) in [5.74, 6) is -1.06. The Hall–Kier alpha value is -1.42. The van der Waals surface area contributed by atoms with Gasteiger partial charge in [0.15, 0.2) is 0 Å². The second kappa shape index (κ2) is 5.27. The van der Waals surface area contributed by atoms with Gasteiger partial charge in [-0.3, -0.25) is 9.69 Å². The van der Waals surface area contributed by atoms with Crippen molar-refractivity contribution in [3.63, 3.8) is 0 Å². The number of halogens is 1. The molecule has 0 radical (unpaired) electrons. The molecular formula is C13H16FNO2. The summed E-state index contributed by atoms with van der Waals surface area (Å²) in [5, 5.41) is 8.87. The molecule has 2 rings (SSSR count). The Morgan fingerprint density at radius 3 is 2.71 bits per heavy atom. The predicted molar refractivity (Wildman–Crippen MR) is 62.2 cm³/mol. The number of hydrogen-bond donors (Lipinski definition) is 1. The fourth-order valence-electron chi connectivity index (χ4n) is 2.42. The van der Waals surface area contributed by atoms with Gasteiger partial charge in [-0.1, -0.05) is 18.6 Å². The van der Waals surface area contributed by atoms with Gasteiger partial charge in [-0.25, -0.2) is 4.39 Å². The summed E-state index contributed by atoms with van der Waals surface area (Å²) in [5.41, 5.74) is 1.01. The number of benzene rings is 1. The van der Waals surface area contributed by atoms with E-state index in [2.05, 4.69) is 0 Å². The second-order valence-corrected chi connectivity index (χ2v) is 4.43. The van der Waals surface area contributed by atoms with Crippen LogP contribution in [0.2, 0.25) is 0 Å². The minimum absolute atomic E-state index is 0.0576. The van der Waals surface area contributed by atoms with Crippen molar-refractivity contribution >= 4 is 5.97 Å². The molecule has 17 heavy (non-hydrogen) atoms. The van der Waals surface area contributed by atoms with Gasteiger partial charge in [0.25, 0.3) is 0 Å². The highest BCUT2D eigenvalue weighted by atomic mass is 19.1. The molecule has 1 aromatic carbocycles. The van der Waals surface area contributed by atoms with Crippen molar-refractivity contribution < 1.29 is 14.3 Å². The summed E-state index contributed by atoms with van der Waals surface area (Å²) in [6.45, 7) is 0.858. The molecule has 0 bridgehead atoms. The number of nitrogens with zero attached hydrogens (tertiary/aromatic N) is 1. The van der Waals surface area contributed by atoms with E-state index in [0.717, 1.165) is 31.4 Å². The van der Waals surface area contributed by atoms with Crippen molar-refractivity contribution in [2.45, 2.75) is 25.3 Å². The largest absolute Gasteiger partial charge is 0.480 e. The van der Waals surface area contributed by atoms with Gasteiger partial charge in [0.1, 0.15) is 5.82 Å². The Labute approximate surface area is 99.9 Å². The average molecular weight is 237 g/mol. The first kappa shape index (κ1) is 12.0. The lowest BCUT2D eigenvalue weighted by Crippen LogP contribution is -2.37. The van der Waals surface area contributed by atoms with Gasteiger partial charge in [0.2, 0.25) is 0 Å². The van der Waals surface area contributed by atoms with Crippen LogP contribution in [0.5, 0.6) is 0 Å². The third-order valence-corrected chi connectivity index (χ3v) is 3.21. The molecule has 0 unspecified atom stereocenters. The molecule has 0 amide bonds. The van der Waals surface area contributed by atoms with Gasteiger partial charge >= 0.3 is 5.97 Å². The second-order valence-electron chi connectivity index (χ2n) is 4.43. The van der Waals surface area contributed by atoms with E-state index >= 15 is 0 Å². The molecule has 0 saturated carbocycles. The van der Waals surface area contributed by atoms with Crippen LogP contribution in [0.25, 0.3) is 0 Å². The van der Waals surface area contributed by atoms with Gasteiger partial charge < -0.3 is 5.11 Å². The maximum atomic E-state index is 12.9. The molecule has 1 aliphatic heterocycles. The van der Waals surface area contributed by atoms with Crippen LogP contribution in [0.1, 0.15) is 30.9 Å². The molecule has 1 N–H and O–H groups in total. The lowest BCUT2D eigenvalue weighted by atomic mass is 9.95. The Kier molecular flexibility index (Phi) is 3.74. The summed E-state index contributed by atoms with van der Waals surface area (Å²) in [6, 6.07) is 6.48. The Balaban J connectivity index is 2.15. The molecule has 1 atom stereocenters. The monoisotopic (exact) mass is 237 g/mol. The third-order valence-electron chi connectivity index (χ3n) is 3.21. The Morgan fingerprint density at radius 2 is 2.06 bits per heavy atom. The fourth-order valence-corrected chi connectivity index (χ4v) is 2.42. The summed E-state index contributed by atoms with van der Waals surface area (Å²) >= 11 is 0. The first-order valence-electron chi connectivity index (χ1n) is 5.88. The van der Waals surface area contributed by atoms with Crippen molar-refractivity contribution in [3.8, 4) is 0 Å². The minimum Gasteiger partial charge on any atom is -0.480 e. The third kappa shape index (κ3) is 3.03. The smallest absolute Gasteiger partial charge is 0.317 e. The fraction of sp³-hybridized carbons (Fsp3) is 0.462. The summed E-state index contributed by atoms with van der Waals surface area (Å²) in [6.07, 6.45) is 3.07. The summed E-state index contributed by atoms with van der Waals surface area (Å²) < 4.78 is 12.9. The Bertz CT molecular complexity index is 391. The predicted octanol–water partition coefficient (Wildman–Crippen LogP) is 2.44. The number of carbonyl (C=O) groups is 1. The number of carboxylic acids is 1. The minimum atomic E-state index is -0.806. The van der Waals surface area contributed by atoms with Crippen LogP contribution in [0.15, 0.2) is 24.3 Å². The van der Waals surface area contributed by atoms with E-state index in [4.69, 9.17) is 5.11 Å². The van der Waals surface area contributed by atoms with Gasteiger partial charge in [0, 0.05) is 6.04 Å². The molecule has 1 aliphatic rings. The zero-order valence-electron chi connectivity index (χ0n) is 9.60.